The molecule has 0 saturated heterocycles. The van der Waals surface area contributed by atoms with E-state index in [0.29, 0.717) is 28.8 Å². The third-order valence-corrected chi connectivity index (χ3v) is 4.24. The van der Waals surface area contributed by atoms with Gasteiger partial charge in [-0.2, -0.15) is 0 Å². The Hall–Kier alpha value is -4.60. The first-order valence-electron chi connectivity index (χ1n) is 9.67. The van der Waals surface area contributed by atoms with Crippen molar-refractivity contribution in [2.45, 2.75) is 6.61 Å². The standard InChI is InChI=1S/C22H19N7O3/c1-29-21(25-27-28-29)20(16-9-4-2-5-10-16)26-31-15-17-11-8-14-19(23-17)24-22(30)32-18-12-6-3-7-13-18/h2-14H,15H2,1H3,(H,23,24,30)/b26-20-. The minimum absolute atomic E-state index is 0.0743. The normalized spacial score (nSPS) is 11.1. The summed E-state index contributed by atoms with van der Waals surface area (Å²) < 4.78 is 6.72. The molecule has 0 bridgehead atoms. The first kappa shape index (κ1) is 20.7. The summed E-state index contributed by atoms with van der Waals surface area (Å²) in [6.45, 7) is 0.0743. The maximum Gasteiger partial charge on any atom is 0.418 e. The van der Waals surface area contributed by atoms with Gasteiger partial charge in [0.15, 0.2) is 12.3 Å². The predicted octanol–water partition coefficient (Wildman–Crippen LogP) is 3.19. The lowest BCUT2D eigenvalue weighted by atomic mass is 10.1. The highest BCUT2D eigenvalue weighted by Gasteiger charge is 2.15. The number of carbonyl (C=O) groups excluding carboxylic acids is 1. The van der Waals surface area contributed by atoms with Crippen LogP contribution in [0.25, 0.3) is 0 Å². The fourth-order valence-corrected chi connectivity index (χ4v) is 2.77. The molecule has 0 saturated carbocycles. The van der Waals surface area contributed by atoms with Crippen LogP contribution in [0, 0.1) is 0 Å². The van der Waals surface area contributed by atoms with Gasteiger partial charge in [0.2, 0.25) is 5.82 Å². The topological polar surface area (TPSA) is 116 Å². The number of para-hydroxylation sites is 1. The summed E-state index contributed by atoms with van der Waals surface area (Å²) in [5.74, 6) is 1.23. The Morgan fingerprint density at radius 1 is 1.00 bits per heavy atom. The zero-order chi connectivity index (χ0) is 22.2. The second-order valence-corrected chi connectivity index (χ2v) is 6.55. The molecule has 0 aliphatic heterocycles. The second-order valence-electron chi connectivity index (χ2n) is 6.55. The average Bonchev–Trinajstić information content (AvgIpc) is 3.23. The highest BCUT2D eigenvalue weighted by Crippen LogP contribution is 2.12. The molecule has 0 unspecified atom stereocenters. The number of aryl methyl sites for hydroxylation is 1. The van der Waals surface area contributed by atoms with Gasteiger partial charge in [-0.15, -0.1) is 5.10 Å². The van der Waals surface area contributed by atoms with E-state index >= 15 is 0 Å². The largest absolute Gasteiger partial charge is 0.418 e. The number of carbonyl (C=O) groups is 1. The Balaban J connectivity index is 1.43. The van der Waals surface area contributed by atoms with Crippen molar-refractivity contribution in [2.75, 3.05) is 5.32 Å². The maximum absolute atomic E-state index is 12.1. The number of tetrazole rings is 1. The van der Waals surface area contributed by atoms with Crippen LogP contribution in [-0.4, -0.2) is 37.0 Å². The van der Waals surface area contributed by atoms with Gasteiger partial charge in [0.05, 0.1) is 5.69 Å². The predicted molar refractivity (Wildman–Crippen MR) is 116 cm³/mol. The molecule has 2 aromatic heterocycles. The molecule has 1 amide bonds. The number of pyridine rings is 1. The SMILES string of the molecule is Cn1nnnc1/C(=N\OCc1cccc(NC(=O)Oc2ccccc2)n1)c1ccccc1. The summed E-state index contributed by atoms with van der Waals surface area (Å²) in [5, 5.41) is 18.4. The van der Waals surface area contributed by atoms with E-state index in [9.17, 15) is 4.79 Å². The monoisotopic (exact) mass is 429 g/mol. The average molecular weight is 429 g/mol. The van der Waals surface area contributed by atoms with E-state index in [1.54, 1.807) is 49.5 Å². The minimum atomic E-state index is -0.638. The molecule has 10 heteroatoms. The van der Waals surface area contributed by atoms with Crippen LogP contribution in [0.15, 0.2) is 84.0 Å². The van der Waals surface area contributed by atoms with Crippen molar-refractivity contribution in [3.8, 4) is 5.75 Å². The molecule has 4 rings (SSSR count). The molecule has 4 aromatic rings. The van der Waals surface area contributed by atoms with Gasteiger partial charge in [-0.3, -0.25) is 5.32 Å². The van der Waals surface area contributed by atoms with E-state index in [0.717, 1.165) is 5.56 Å². The van der Waals surface area contributed by atoms with Gasteiger partial charge in [0.25, 0.3) is 0 Å². The van der Waals surface area contributed by atoms with E-state index in [1.807, 2.05) is 36.4 Å². The summed E-state index contributed by atoms with van der Waals surface area (Å²) in [5.41, 5.74) is 1.85. The third kappa shape index (κ3) is 5.30. The molecule has 0 radical (unpaired) electrons. The molecule has 2 heterocycles. The molecule has 160 valence electrons. The highest BCUT2D eigenvalue weighted by molar-refractivity contribution is 6.10. The number of aromatic nitrogens is 5. The summed E-state index contributed by atoms with van der Waals surface area (Å²) >= 11 is 0. The highest BCUT2D eigenvalue weighted by atomic mass is 16.6. The zero-order valence-corrected chi connectivity index (χ0v) is 17.1. The van der Waals surface area contributed by atoms with E-state index in [2.05, 4.69) is 31.0 Å². The van der Waals surface area contributed by atoms with Crippen LogP contribution in [0.2, 0.25) is 0 Å². The number of oxime groups is 1. The molecule has 0 spiro atoms. The molecule has 10 nitrogen and oxygen atoms in total. The molecule has 0 aliphatic rings. The van der Waals surface area contributed by atoms with Crippen molar-refractivity contribution in [3.63, 3.8) is 0 Å². The quantitative estimate of drug-likeness (QED) is 0.354. The summed E-state index contributed by atoms with van der Waals surface area (Å²) in [6.07, 6.45) is -0.638. The number of benzene rings is 2. The second kappa shape index (κ2) is 9.94. The van der Waals surface area contributed by atoms with Crippen LogP contribution in [0.1, 0.15) is 17.1 Å². The number of hydrogen-bond donors (Lipinski definition) is 1. The van der Waals surface area contributed by atoms with Crippen LogP contribution in [0.3, 0.4) is 0 Å². The lowest BCUT2D eigenvalue weighted by Crippen LogP contribution is -2.17. The fourth-order valence-electron chi connectivity index (χ4n) is 2.77. The Kier molecular flexibility index (Phi) is 6.42. The van der Waals surface area contributed by atoms with Crippen molar-refractivity contribution in [1.29, 1.82) is 0 Å². The maximum atomic E-state index is 12.1. The Morgan fingerprint density at radius 3 is 2.47 bits per heavy atom. The number of hydrogen-bond acceptors (Lipinski definition) is 8. The van der Waals surface area contributed by atoms with Crippen molar-refractivity contribution in [1.82, 2.24) is 25.2 Å². The smallest absolute Gasteiger partial charge is 0.410 e. The van der Waals surface area contributed by atoms with Gasteiger partial charge in [-0.25, -0.2) is 14.5 Å². The van der Waals surface area contributed by atoms with Crippen LogP contribution in [0.5, 0.6) is 5.75 Å². The molecule has 0 aliphatic carbocycles. The van der Waals surface area contributed by atoms with Crippen LogP contribution in [-0.2, 0) is 18.5 Å². The first-order valence-corrected chi connectivity index (χ1v) is 9.67. The fraction of sp³-hybridized carbons (Fsp3) is 0.0909. The molecular weight excluding hydrogens is 410 g/mol. The number of rotatable bonds is 7. The number of amides is 1. The van der Waals surface area contributed by atoms with Crippen LogP contribution < -0.4 is 10.1 Å². The first-order chi connectivity index (χ1) is 15.7. The van der Waals surface area contributed by atoms with E-state index < -0.39 is 6.09 Å². The van der Waals surface area contributed by atoms with E-state index in [4.69, 9.17) is 9.57 Å². The number of nitrogens with zero attached hydrogens (tertiary/aromatic N) is 6. The Morgan fingerprint density at radius 2 is 1.75 bits per heavy atom. The Labute approximate surface area is 183 Å². The van der Waals surface area contributed by atoms with Gasteiger partial charge < -0.3 is 9.57 Å². The van der Waals surface area contributed by atoms with Gasteiger partial charge in [0.1, 0.15) is 11.6 Å². The van der Waals surface area contributed by atoms with Gasteiger partial charge in [-0.05, 0) is 34.7 Å². The molecule has 1 N–H and O–H groups in total. The van der Waals surface area contributed by atoms with E-state index in [1.165, 1.54) is 4.68 Å². The minimum Gasteiger partial charge on any atom is -0.410 e. The number of anilines is 1. The van der Waals surface area contributed by atoms with Crippen molar-refractivity contribution < 1.29 is 14.4 Å². The van der Waals surface area contributed by atoms with Gasteiger partial charge in [-0.1, -0.05) is 59.8 Å². The summed E-state index contributed by atoms with van der Waals surface area (Å²) in [4.78, 5) is 22.0. The molecular formula is C22H19N7O3. The van der Waals surface area contributed by atoms with Gasteiger partial charge >= 0.3 is 6.09 Å². The molecule has 0 atom stereocenters. The number of ether oxygens (including phenoxy) is 1. The lowest BCUT2D eigenvalue weighted by Gasteiger charge is -2.08. The van der Waals surface area contributed by atoms with E-state index in [-0.39, 0.29) is 6.61 Å². The summed E-state index contributed by atoms with van der Waals surface area (Å²) in [6, 6.07) is 23.4. The van der Waals surface area contributed by atoms with Crippen molar-refractivity contribution in [3.05, 3.63) is 95.9 Å². The molecule has 2 aromatic carbocycles. The molecule has 32 heavy (non-hydrogen) atoms. The van der Waals surface area contributed by atoms with Crippen molar-refractivity contribution >= 4 is 17.6 Å². The van der Waals surface area contributed by atoms with Crippen LogP contribution in [0.4, 0.5) is 10.6 Å². The summed E-state index contributed by atoms with van der Waals surface area (Å²) in [7, 11) is 1.72. The third-order valence-electron chi connectivity index (χ3n) is 4.24. The lowest BCUT2D eigenvalue weighted by molar-refractivity contribution is 0.128. The molecule has 0 fully saturated rings. The Bertz CT molecular complexity index is 1210. The van der Waals surface area contributed by atoms with Crippen molar-refractivity contribution in [2.24, 2.45) is 12.2 Å². The zero-order valence-electron chi connectivity index (χ0n) is 17.1. The van der Waals surface area contributed by atoms with Gasteiger partial charge in [0, 0.05) is 12.6 Å². The van der Waals surface area contributed by atoms with Crippen LogP contribution >= 0.6 is 0 Å². The number of nitrogens with one attached hydrogen (secondary N) is 1.